The summed E-state index contributed by atoms with van der Waals surface area (Å²) in [7, 11) is -1.11. The third-order valence-electron chi connectivity index (χ3n) is 3.13. The molecule has 0 spiro atoms. The van der Waals surface area contributed by atoms with Crippen molar-refractivity contribution in [3.8, 4) is 0 Å². The van der Waals surface area contributed by atoms with E-state index in [1.54, 1.807) is 12.1 Å². The highest BCUT2D eigenvalue weighted by Crippen LogP contribution is 2.47. The van der Waals surface area contributed by atoms with Crippen LogP contribution < -0.4 is 0 Å². The van der Waals surface area contributed by atoms with E-state index in [-0.39, 0.29) is 10.6 Å². The van der Waals surface area contributed by atoms with Crippen LogP contribution in [-0.2, 0) is 16.5 Å². The Bertz CT molecular complexity index is 514. The van der Waals surface area contributed by atoms with E-state index in [9.17, 15) is 8.60 Å². The first-order valence-corrected chi connectivity index (χ1v) is 7.71. The second-order valence-corrected chi connectivity index (χ2v) is 8.88. The highest BCUT2D eigenvalue weighted by Gasteiger charge is 2.55. The minimum atomic E-state index is -1.11. The fourth-order valence-electron chi connectivity index (χ4n) is 1.95. The monoisotopic (exact) mass is 333 g/mol. The molecule has 1 saturated heterocycles. The molecule has 0 radical (unpaired) electrons. The van der Waals surface area contributed by atoms with E-state index in [1.807, 2.05) is 32.0 Å². The predicted octanol–water partition coefficient (Wildman–Crippen LogP) is 3.58. The molecule has 2 rings (SSSR count). The van der Waals surface area contributed by atoms with Gasteiger partial charge in [-0.2, -0.15) is 0 Å². The van der Waals surface area contributed by atoms with Crippen molar-refractivity contribution in [1.29, 1.82) is 0 Å². The molecule has 1 aromatic rings. The van der Waals surface area contributed by atoms with Crippen LogP contribution >= 0.6 is 15.9 Å². The van der Waals surface area contributed by atoms with Crippen LogP contribution in [0.1, 0.15) is 33.3 Å². The van der Waals surface area contributed by atoms with Gasteiger partial charge in [-0.25, -0.2) is 12.9 Å². The lowest BCUT2D eigenvalue weighted by Gasteiger charge is -2.21. The van der Waals surface area contributed by atoms with Crippen LogP contribution in [0.4, 0.5) is 4.39 Å². The van der Waals surface area contributed by atoms with E-state index >= 15 is 0 Å². The smallest absolute Gasteiger partial charge is 0.128 e. The minimum absolute atomic E-state index is 0.242. The van der Waals surface area contributed by atoms with Crippen LogP contribution in [0, 0.1) is 5.82 Å². The molecule has 0 saturated carbocycles. The fraction of sp³-hybridized carbons (Fsp3) is 0.538. The van der Waals surface area contributed by atoms with Gasteiger partial charge in [-0.05, 0) is 45.9 Å². The maximum absolute atomic E-state index is 13.9. The van der Waals surface area contributed by atoms with Gasteiger partial charge in [0.25, 0.3) is 0 Å². The molecule has 100 valence electrons. The number of hydrogen-bond donors (Lipinski definition) is 0. The second-order valence-electron chi connectivity index (χ2n) is 5.80. The van der Waals surface area contributed by atoms with Gasteiger partial charge in [0.05, 0.1) is 10.3 Å². The van der Waals surface area contributed by atoms with Gasteiger partial charge in [0.15, 0.2) is 0 Å². The van der Waals surface area contributed by atoms with Crippen LogP contribution in [0.2, 0.25) is 0 Å². The summed E-state index contributed by atoms with van der Waals surface area (Å²) in [4.78, 5) is 0. The summed E-state index contributed by atoms with van der Waals surface area (Å²) < 4.78 is 28.6. The molecular formula is C13H17BrFNOS. The van der Waals surface area contributed by atoms with Crippen LogP contribution in [0.5, 0.6) is 0 Å². The molecule has 3 unspecified atom stereocenters. The highest BCUT2D eigenvalue weighted by molar-refractivity contribution is 9.10. The zero-order chi connectivity index (χ0) is 13.7. The molecule has 18 heavy (non-hydrogen) atoms. The van der Waals surface area contributed by atoms with E-state index in [0.29, 0.717) is 12.1 Å². The lowest BCUT2D eigenvalue weighted by atomic mass is 10.0. The molecule has 0 aromatic heterocycles. The number of rotatable bonds is 2. The van der Waals surface area contributed by atoms with Crippen molar-refractivity contribution in [2.75, 3.05) is 6.54 Å². The number of hydrogen-bond acceptors (Lipinski definition) is 1. The van der Waals surface area contributed by atoms with Crippen molar-refractivity contribution in [3.05, 3.63) is 34.1 Å². The Morgan fingerprint density at radius 1 is 1.44 bits per heavy atom. The summed E-state index contributed by atoms with van der Waals surface area (Å²) >= 11 is 3.35. The molecule has 0 N–H and O–H groups in total. The molecule has 1 aromatic carbocycles. The number of halogens is 2. The van der Waals surface area contributed by atoms with Gasteiger partial charge >= 0.3 is 0 Å². The predicted molar refractivity (Wildman–Crippen MR) is 76.1 cm³/mol. The fourth-order valence-corrected chi connectivity index (χ4v) is 3.80. The lowest BCUT2D eigenvalue weighted by Crippen LogP contribution is -2.30. The Kier molecular flexibility index (Phi) is 3.45. The summed E-state index contributed by atoms with van der Waals surface area (Å²) in [5.74, 6) is -0.242. The summed E-state index contributed by atoms with van der Waals surface area (Å²) in [5, 5.41) is 0. The summed E-state index contributed by atoms with van der Waals surface area (Å²) in [6.45, 7) is 8.35. The summed E-state index contributed by atoms with van der Waals surface area (Å²) in [6, 6.07) is 4.89. The Morgan fingerprint density at radius 3 is 2.61 bits per heavy atom. The number of benzene rings is 1. The average molecular weight is 334 g/mol. The van der Waals surface area contributed by atoms with Crippen molar-refractivity contribution in [2.45, 2.75) is 38.0 Å². The Hall–Kier alpha value is -0.260. The maximum atomic E-state index is 13.9. The minimum Gasteiger partial charge on any atom is -0.242 e. The van der Waals surface area contributed by atoms with E-state index in [2.05, 4.69) is 15.9 Å². The van der Waals surface area contributed by atoms with Crippen LogP contribution in [0.15, 0.2) is 22.7 Å². The van der Waals surface area contributed by atoms with Crippen LogP contribution in [0.25, 0.3) is 0 Å². The van der Waals surface area contributed by atoms with Crippen LogP contribution in [0.3, 0.4) is 0 Å². The van der Waals surface area contributed by atoms with Gasteiger partial charge in [-0.1, -0.05) is 15.9 Å². The molecule has 1 fully saturated rings. The molecular weight excluding hydrogens is 317 g/mol. The molecule has 0 amide bonds. The van der Waals surface area contributed by atoms with E-state index in [0.717, 1.165) is 4.47 Å². The second kappa shape index (κ2) is 4.39. The summed E-state index contributed by atoms with van der Waals surface area (Å²) in [5.41, 5.74) is 0.154. The molecule has 0 bridgehead atoms. The zero-order valence-corrected chi connectivity index (χ0v) is 13.4. The molecule has 1 aliphatic heterocycles. The first-order chi connectivity index (χ1) is 8.16. The first-order valence-electron chi connectivity index (χ1n) is 5.81. The summed E-state index contributed by atoms with van der Waals surface area (Å²) in [6.07, 6.45) is 0. The third kappa shape index (κ3) is 2.40. The van der Waals surface area contributed by atoms with Crippen molar-refractivity contribution in [2.24, 2.45) is 0 Å². The SMILES string of the molecule is CC1(c2cc(Br)ccc2F)CN1S(=O)C(C)(C)C. The zero-order valence-electron chi connectivity index (χ0n) is 11.0. The van der Waals surface area contributed by atoms with Gasteiger partial charge < -0.3 is 0 Å². The Balaban J connectivity index is 2.31. The topological polar surface area (TPSA) is 20.1 Å². The van der Waals surface area contributed by atoms with E-state index in [4.69, 9.17) is 0 Å². The van der Waals surface area contributed by atoms with Crippen molar-refractivity contribution >= 4 is 26.9 Å². The average Bonchev–Trinajstić information content (AvgIpc) is 2.93. The normalized spacial score (nSPS) is 29.1. The van der Waals surface area contributed by atoms with Gasteiger partial charge in [-0.15, -0.1) is 0 Å². The van der Waals surface area contributed by atoms with Gasteiger partial charge in [-0.3, -0.25) is 0 Å². The van der Waals surface area contributed by atoms with Crippen molar-refractivity contribution in [3.63, 3.8) is 0 Å². The van der Waals surface area contributed by atoms with Crippen molar-refractivity contribution in [1.82, 2.24) is 4.31 Å². The Morgan fingerprint density at radius 2 is 2.06 bits per heavy atom. The van der Waals surface area contributed by atoms with E-state index < -0.39 is 16.5 Å². The number of nitrogens with zero attached hydrogens (tertiary/aromatic N) is 1. The highest BCUT2D eigenvalue weighted by atomic mass is 79.9. The van der Waals surface area contributed by atoms with Crippen LogP contribution in [-0.4, -0.2) is 19.8 Å². The molecule has 2 nitrogen and oxygen atoms in total. The quantitative estimate of drug-likeness (QED) is 0.757. The maximum Gasteiger partial charge on any atom is 0.128 e. The Labute approximate surface area is 118 Å². The molecule has 1 heterocycles. The largest absolute Gasteiger partial charge is 0.242 e. The third-order valence-corrected chi connectivity index (χ3v) is 5.60. The molecule has 0 aliphatic carbocycles. The standard InChI is InChI=1S/C13H17BrFNOS/c1-12(2,3)18(17)16-8-13(16,4)10-7-9(14)5-6-11(10)15/h5-7H,8H2,1-4H3. The first kappa shape index (κ1) is 14.2. The van der Waals surface area contributed by atoms with Crippen molar-refractivity contribution < 1.29 is 8.60 Å². The lowest BCUT2D eigenvalue weighted by molar-refractivity contribution is 0.529. The van der Waals surface area contributed by atoms with Gasteiger partial charge in [0, 0.05) is 16.6 Å². The molecule has 1 aliphatic rings. The molecule has 3 atom stereocenters. The van der Waals surface area contributed by atoms with Gasteiger partial charge in [0.2, 0.25) is 0 Å². The van der Waals surface area contributed by atoms with Gasteiger partial charge in [0.1, 0.15) is 16.8 Å². The van der Waals surface area contributed by atoms with E-state index in [1.165, 1.54) is 6.07 Å². The molecule has 5 heteroatoms.